The lowest BCUT2D eigenvalue weighted by atomic mass is 10.2. The average molecular weight is 169 g/mol. The molecule has 0 aliphatic carbocycles. The summed E-state index contributed by atoms with van der Waals surface area (Å²) in [4.78, 5) is 20.3. The summed E-state index contributed by atoms with van der Waals surface area (Å²) in [6.07, 6.45) is 1.34. The van der Waals surface area contributed by atoms with Crippen molar-refractivity contribution in [2.24, 2.45) is 0 Å². The van der Waals surface area contributed by atoms with E-state index in [-0.39, 0.29) is 18.0 Å². The molecule has 6 nitrogen and oxygen atoms in total. The Morgan fingerprint density at radius 3 is 3.00 bits per heavy atom. The van der Waals surface area contributed by atoms with Crippen molar-refractivity contribution in [1.82, 2.24) is 10.2 Å². The van der Waals surface area contributed by atoms with Gasteiger partial charge in [0, 0.05) is 6.42 Å². The monoisotopic (exact) mass is 169 g/mol. The molecule has 0 amide bonds. The number of aromatic nitrogens is 2. The maximum atomic E-state index is 10.6. The summed E-state index contributed by atoms with van der Waals surface area (Å²) < 4.78 is 0. The summed E-state index contributed by atoms with van der Waals surface area (Å²) >= 11 is 0. The van der Waals surface area contributed by atoms with E-state index in [0.717, 1.165) is 0 Å². The van der Waals surface area contributed by atoms with Crippen LogP contribution in [-0.2, 0) is 11.2 Å². The molecule has 0 spiro atoms. The molecule has 0 atom stereocenters. The molecule has 0 aliphatic heterocycles. The second-order valence-electron chi connectivity index (χ2n) is 2.38. The van der Waals surface area contributed by atoms with Gasteiger partial charge < -0.3 is 10.1 Å². The minimum atomic E-state index is -0.592. The Hall–Kier alpha value is -1.72. The summed E-state index contributed by atoms with van der Waals surface area (Å²) in [6.45, 7) is 1.37. The van der Waals surface area contributed by atoms with Crippen LogP contribution in [0, 0.1) is 10.1 Å². The van der Waals surface area contributed by atoms with Crippen molar-refractivity contribution in [3.8, 4) is 0 Å². The fourth-order valence-electron chi connectivity index (χ4n) is 0.860. The molecule has 0 aromatic carbocycles. The van der Waals surface area contributed by atoms with Crippen molar-refractivity contribution in [3.05, 3.63) is 21.9 Å². The van der Waals surface area contributed by atoms with Gasteiger partial charge in [0.15, 0.2) is 0 Å². The molecule has 1 aromatic rings. The summed E-state index contributed by atoms with van der Waals surface area (Å²) in [5.74, 6) is -0.329. The van der Waals surface area contributed by atoms with Crippen molar-refractivity contribution in [2.45, 2.75) is 13.3 Å². The van der Waals surface area contributed by atoms with E-state index in [2.05, 4.69) is 10.2 Å². The minimum Gasteiger partial charge on any atom is -0.358 e. The fourth-order valence-corrected chi connectivity index (χ4v) is 0.860. The number of H-pyrrole nitrogens is 1. The van der Waals surface area contributed by atoms with Crippen LogP contribution in [0.25, 0.3) is 0 Å². The molecule has 0 fully saturated rings. The number of carbonyl (C=O) groups is 1. The molecule has 0 radical (unpaired) electrons. The van der Waals surface area contributed by atoms with Gasteiger partial charge in [0.1, 0.15) is 5.78 Å². The van der Waals surface area contributed by atoms with Gasteiger partial charge in [0.25, 0.3) is 0 Å². The van der Waals surface area contributed by atoms with Gasteiger partial charge in [-0.3, -0.25) is 4.79 Å². The first-order valence-corrected chi connectivity index (χ1v) is 3.27. The Balaban J connectivity index is 2.91. The zero-order valence-corrected chi connectivity index (χ0v) is 6.40. The summed E-state index contributed by atoms with van der Waals surface area (Å²) in [5, 5.41) is 16.0. The first kappa shape index (κ1) is 8.38. The van der Waals surface area contributed by atoms with Crippen molar-refractivity contribution < 1.29 is 9.72 Å². The van der Waals surface area contributed by atoms with Crippen molar-refractivity contribution in [2.75, 3.05) is 0 Å². The van der Waals surface area contributed by atoms with Crippen LogP contribution in [0.2, 0.25) is 0 Å². The van der Waals surface area contributed by atoms with E-state index in [9.17, 15) is 14.9 Å². The number of nitrogens with zero attached hydrogens (tertiary/aromatic N) is 2. The predicted molar refractivity (Wildman–Crippen MR) is 39.6 cm³/mol. The third-order valence-corrected chi connectivity index (χ3v) is 1.32. The van der Waals surface area contributed by atoms with Gasteiger partial charge in [-0.1, -0.05) is 5.10 Å². The van der Waals surface area contributed by atoms with Crippen LogP contribution in [0.5, 0.6) is 0 Å². The molecule has 0 saturated heterocycles. The topological polar surface area (TPSA) is 88.9 Å². The molecule has 64 valence electrons. The molecule has 0 aliphatic rings. The number of ketones is 1. The first-order valence-electron chi connectivity index (χ1n) is 3.27. The lowest BCUT2D eigenvalue weighted by Crippen LogP contribution is -1.99. The van der Waals surface area contributed by atoms with Crippen LogP contribution < -0.4 is 0 Å². The first-order chi connectivity index (χ1) is 5.61. The summed E-state index contributed by atoms with van der Waals surface area (Å²) in [6, 6.07) is 0. The Morgan fingerprint density at radius 1 is 1.83 bits per heavy atom. The highest BCUT2D eigenvalue weighted by molar-refractivity contribution is 5.78. The van der Waals surface area contributed by atoms with E-state index in [4.69, 9.17) is 0 Å². The van der Waals surface area contributed by atoms with Crippen LogP contribution in [0.1, 0.15) is 12.5 Å². The highest BCUT2D eigenvalue weighted by atomic mass is 16.6. The van der Waals surface area contributed by atoms with E-state index in [1.165, 1.54) is 13.1 Å². The van der Waals surface area contributed by atoms with E-state index in [1.54, 1.807) is 0 Å². The maximum Gasteiger partial charge on any atom is 0.346 e. The standard InChI is InChI=1S/C6H7N3O3/c1-4(10)2-5-3-7-8-6(5)9(11)12/h3H,2H2,1H3,(H,7,8). The Bertz CT molecular complexity index is 318. The number of carbonyl (C=O) groups excluding carboxylic acids is 1. The molecule has 0 saturated carbocycles. The molecule has 12 heavy (non-hydrogen) atoms. The summed E-state index contributed by atoms with van der Waals surface area (Å²) in [5.41, 5.74) is 0.326. The molecule has 1 rings (SSSR count). The highest BCUT2D eigenvalue weighted by Crippen LogP contribution is 2.13. The van der Waals surface area contributed by atoms with Crippen LogP contribution in [0.4, 0.5) is 5.82 Å². The van der Waals surface area contributed by atoms with Gasteiger partial charge in [-0.15, -0.1) is 5.10 Å². The quantitative estimate of drug-likeness (QED) is 0.525. The van der Waals surface area contributed by atoms with E-state index in [1.807, 2.05) is 0 Å². The van der Waals surface area contributed by atoms with E-state index < -0.39 is 4.92 Å². The van der Waals surface area contributed by atoms with Crippen LogP contribution >= 0.6 is 0 Å². The Morgan fingerprint density at radius 2 is 2.50 bits per heavy atom. The number of aromatic amines is 1. The number of nitrogens with one attached hydrogen (secondary N) is 1. The molecule has 6 heteroatoms. The Labute approximate surface area is 67.7 Å². The highest BCUT2D eigenvalue weighted by Gasteiger charge is 2.15. The van der Waals surface area contributed by atoms with Crippen molar-refractivity contribution in [1.29, 1.82) is 0 Å². The zero-order valence-electron chi connectivity index (χ0n) is 6.40. The SMILES string of the molecule is CC(=O)Cc1cn[nH]c1[N+](=O)[O-]. The van der Waals surface area contributed by atoms with Crippen LogP contribution in [-0.4, -0.2) is 20.9 Å². The largest absolute Gasteiger partial charge is 0.358 e. The minimum absolute atomic E-state index is 0.0484. The normalized spacial score (nSPS) is 9.75. The van der Waals surface area contributed by atoms with Gasteiger partial charge in [-0.25, -0.2) is 0 Å². The predicted octanol–water partition coefficient (Wildman–Crippen LogP) is 0.449. The number of rotatable bonds is 3. The smallest absolute Gasteiger partial charge is 0.346 e. The maximum absolute atomic E-state index is 10.6. The fraction of sp³-hybridized carbons (Fsp3) is 0.333. The number of Topliss-reactive ketones (excluding diaryl/α,β-unsaturated/α-hetero) is 1. The average Bonchev–Trinajstić information content (AvgIpc) is 2.33. The van der Waals surface area contributed by atoms with Gasteiger partial charge in [-0.2, -0.15) is 0 Å². The number of hydrogen-bond donors (Lipinski definition) is 1. The number of hydrogen-bond acceptors (Lipinski definition) is 4. The Kier molecular flexibility index (Phi) is 2.18. The van der Waals surface area contributed by atoms with Gasteiger partial charge in [0.05, 0.1) is 11.8 Å². The molecule has 1 N–H and O–H groups in total. The van der Waals surface area contributed by atoms with Crippen LogP contribution in [0.15, 0.2) is 6.20 Å². The van der Waals surface area contributed by atoms with Crippen LogP contribution in [0.3, 0.4) is 0 Å². The molecule has 0 unspecified atom stereocenters. The zero-order chi connectivity index (χ0) is 9.14. The van der Waals surface area contributed by atoms with Crippen molar-refractivity contribution in [3.63, 3.8) is 0 Å². The molecular weight excluding hydrogens is 162 g/mol. The second kappa shape index (κ2) is 3.12. The third-order valence-electron chi connectivity index (χ3n) is 1.32. The lowest BCUT2D eigenvalue weighted by Gasteiger charge is -1.92. The van der Waals surface area contributed by atoms with E-state index in [0.29, 0.717) is 5.56 Å². The molecule has 1 aromatic heterocycles. The molecule has 1 heterocycles. The van der Waals surface area contributed by atoms with Gasteiger partial charge in [-0.05, 0) is 11.8 Å². The third kappa shape index (κ3) is 1.66. The van der Waals surface area contributed by atoms with Crippen molar-refractivity contribution >= 4 is 11.6 Å². The molecule has 0 bridgehead atoms. The molecular formula is C6H7N3O3. The summed E-state index contributed by atoms with van der Waals surface area (Å²) in [7, 11) is 0. The second-order valence-corrected chi connectivity index (χ2v) is 2.38. The van der Waals surface area contributed by atoms with Gasteiger partial charge in [0.2, 0.25) is 0 Å². The number of nitro groups is 1. The van der Waals surface area contributed by atoms with E-state index >= 15 is 0 Å². The van der Waals surface area contributed by atoms with Gasteiger partial charge >= 0.3 is 5.82 Å². The lowest BCUT2D eigenvalue weighted by molar-refractivity contribution is -0.390.